The smallest absolute Gasteiger partial charge is 0.254 e. The van der Waals surface area contributed by atoms with Crippen LogP contribution in [0.5, 0.6) is 0 Å². The number of rotatable bonds is 6. The van der Waals surface area contributed by atoms with Crippen LogP contribution in [0, 0.1) is 11.8 Å². The third-order valence-electron chi connectivity index (χ3n) is 6.75. The predicted molar refractivity (Wildman–Crippen MR) is 101 cm³/mol. The van der Waals surface area contributed by atoms with E-state index < -0.39 is 0 Å². The van der Waals surface area contributed by atoms with E-state index >= 15 is 0 Å². The molecule has 1 spiro atoms. The molecular weight excluding hydrogens is 344 g/mol. The number of carbonyl (C=O) groups is 2. The van der Waals surface area contributed by atoms with Crippen LogP contribution >= 0.6 is 0 Å². The zero-order valence-electron chi connectivity index (χ0n) is 16.8. The van der Waals surface area contributed by atoms with E-state index in [1.165, 1.54) is 12.8 Å². The van der Waals surface area contributed by atoms with Gasteiger partial charge in [-0.05, 0) is 50.4 Å². The van der Waals surface area contributed by atoms with E-state index in [-0.39, 0.29) is 29.5 Å². The summed E-state index contributed by atoms with van der Waals surface area (Å²) in [5, 5.41) is 0. The first kappa shape index (κ1) is 19.2. The third-order valence-corrected chi connectivity index (χ3v) is 6.75. The molecule has 1 atom stereocenters. The first-order valence-corrected chi connectivity index (χ1v) is 10.8. The second-order valence-corrected chi connectivity index (χ2v) is 9.29. The lowest BCUT2D eigenvalue weighted by molar-refractivity contribution is -0.219. The van der Waals surface area contributed by atoms with Gasteiger partial charge in [0, 0.05) is 38.8 Å². The monoisotopic (exact) mass is 378 g/mol. The van der Waals surface area contributed by atoms with Gasteiger partial charge < -0.3 is 19.3 Å². The Morgan fingerprint density at radius 3 is 2.44 bits per heavy atom. The Balaban J connectivity index is 1.38. The van der Waals surface area contributed by atoms with Gasteiger partial charge in [-0.25, -0.2) is 0 Å². The largest absolute Gasteiger partial charge is 0.381 e. The van der Waals surface area contributed by atoms with Crippen molar-refractivity contribution >= 4 is 11.8 Å². The van der Waals surface area contributed by atoms with E-state index in [0.717, 1.165) is 45.4 Å². The van der Waals surface area contributed by atoms with Gasteiger partial charge in [-0.3, -0.25) is 9.59 Å². The standard InChI is InChI=1S/C21H34N2O4/c1-15(2)13-18(24)22-9-5-17(6-10-22)23-20(25)19(27-14-16-3-4-16)21(23)7-11-26-12-8-21/h15-17,19H,3-14H2,1-2H3. The Labute approximate surface area is 162 Å². The molecular formula is C21H34N2O4. The Morgan fingerprint density at radius 2 is 1.85 bits per heavy atom. The zero-order valence-corrected chi connectivity index (χ0v) is 16.8. The predicted octanol–water partition coefficient (Wildman–Crippen LogP) is 2.21. The van der Waals surface area contributed by atoms with Crippen LogP contribution in [0.1, 0.15) is 58.8 Å². The first-order chi connectivity index (χ1) is 13.0. The maximum absolute atomic E-state index is 13.0. The summed E-state index contributed by atoms with van der Waals surface area (Å²) in [6, 6.07) is 0.236. The van der Waals surface area contributed by atoms with Gasteiger partial charge in [0.15, 0.2) is 6.10 Å². The maximum Gasteiger partial charge on any atom is 0.254 e. The molecule has 0 aromatic rings. The van der Waals surface area contributed by atoms with Crippen molar-refractivity contribution in [1.29, 1.82) is 0 Å². The number of hydrogen-bond acceptors (Lipinski definition) is 4. The summed E-state index contributed by atoms with van der Waals surface area (Å²) in [6.45, 7) is 7.84. The summed E-state index contributed by atoms with van der Waals surface area (Å²) in [5.41, 5.74) is -0.168. The molecule has 3 heterocycles. The summed E-state index contributed by atoms with van der Waals surface area (Å²) >= 11 is 0. The third kappa shape index (κ3) is 3.75. The average molecular weight is 379 g/mol. The number of nitrogens with zero attached hydrogens (tertiary/aromatic N) is 2. The molecule has 0 radical (unpaired) electrons. The highest BCUT2D eigenvalue weighted by molar-refractivity contribution is 5.91. The van der Waals surface area contributed by atoms with E-state index in [9.17, 15) is 9.59 Å². The summed E-state index contributed by atoms with van der Waals surface area (Å²) < 4.78 is 11.7. The molecule has 3 saturated heterocycles. The summed E-state index contributed by atoms with van der Waals surface area (Å²) in [5.74, 6) is 1.48. The Kier molecular flexibility index (Phi) is 5.48. The molecule has 27 heavy (non-hydrogen) atoms. The molecule has 1 saturated carbocycles. The van der Waals surface area contributed by atoms with Crippen LogP contribution in [-0.4, -0.2) is 72.2 Å². The minimum atomic E-state index is -0.275. The number of hydrogen-bond donors (Lipinski definition) is 0. The molecule has 0 bridgehead atoms. The number of carbonyl (C=O) groups excluding carboxylic acids is 2. The summed E-state index contributed by atoms with van der Waals surface area (Å²) in [7, 11) is 0. The molecule has 1 aliphatic carbocycles. The quantitative estimate of drug-likeness (QED) is 0.665. The fraction of sp³-hybridized carbons (Fsp3) is 0.905. The molecule has 0 aromatic carbocycles. The van der Waals surface area contributed by atoms with Crippen LogP contribution in [0.2, 0.25) is 0 Å². The molecule has 0 N–H and O–H groups in total. The number of ether oxygens (including phenoxy) is 2. The van der Waals surface area contributed by atoms with Gasteiger partial charge in [-0.2, -0.15) is 0 Å². The van der Waals surface area contributed by atoms with Crippen LogP contribution in [0.25, 0.3) is 0 Å². The normalized spacial score (nSPS) is 28.7. The van der Waals surface area contributed by atoms with Crippen molar-refractivity contribution < 1.29 is 19.1 Å². The van der Waals surface area contributed by atoms with Crippen LogP contribution in [0.15, 0.2) is 0 Å². The molecule has 2 amide bonds. The molecule has 6 nitrogen and oxygen atoms in total. The second kappa shape index (κ2) is 7.70. The van der Waals surface area contributed by atoms with E-state index in [1.807, 2.05) is 4.90 Å². The molecule has 152 valence electrons. The van der Waals surface area contributed by atoms with Gasteiger partial charge >= 0.3 is 0 Å². The van der Waals surface area contributed by atoms with Crippen molar-refractivity contribution in [3.05, 3.63) is 0 Å². The van der Waals surface area contributed by atoms with Crippen LogP contribution in [-0.2, 0) is 19.1 Å². The highest BCUT2D eigenvalue weighted by atomic mass is 16.5. The summed E-state index contributed by atoms with van der Waals surface area (Å²) in [4.78, 5) is 29.5. The van der Waals surface area contributed by atoms with Gasteiger partial charge in [-0.1, -0.05) is 13.8 Å². The highest BCUT2D eigenvalue weighted by Crippen LogP contribution is 2.46. The Morgan fingerprint density at radius 1 is 1.19 bits per heavy atom. The number of piperidine rings is 1. The number of likely N-dealkylation sites (tertiary alicyclic amines) is 2. The van der Waals surface area contributed by atoms with Crippen molar-refractivity contribution in [1.82, 2.24) is 9.80 Å². The topological polar surface area (TPSA) is 59.1 Å². The number of amides is 2. The number of β-lactam (4-membered cyclic amide) rings is 1. The molecule has 0 aromatic heterocycles. The maximum atomic E-state index is 13.0. The zero-order chi connectivity index (χ0) is 19.0. The van der Waals surface area contributed by atoms with Crippen molar-refractivity contribution in [3.63, 3.8) is 0 Å². The minimum absolute atomic E-state index is 0.168. The van der Waals surface area contributed by atoms with Gasteiger partial charge in [0.05, 0.1) is 12.1 Å². The molecule has 1 unspecified atom stereocenters. The highest BCUT2D eigenvalue weighted by Gasteiger charge is 2.63. The molecule has 4 fully saturated rings. The van der Waals surface area contributed by atoms with Crippen molar-refractivity contribution in [3.8, 4) is 0 Å². The SMILES string of the molecule is CC(C)CC(=O)N1CCC(N2C(=O)C(OCC3CC3)C23CCOCC3)CC1. The van der Waals surface area contributed by atoms with Gasteiger partial charge in [-0.15, -0.1) is 0 Å². The van der Waals surface area contributed by atoms with Gasteiger partial charge in [0.25, 0.3) is 5.91 Å². The van der Waals surface area contributed by atoms with Gasteiger partial charge in [0.1, 0.15) is 0 Å². The lowest BCUT2D eigenvalue weighted by Gasteiger charge is -2.62. The van der Waals surface area contributed by atoms with Crippen LogP contribution < -0.4 is 0 Å². The van der Waals surface area contributed by atoms with E-state index in [2.05, 4.69) is 18.7 Å². The molecule has 6 heteroatoms. The van der Waals surface area contributed by atoms with Crippen molar-refractivity contribution in [2.45, 2.75) is 76.5 Å². The lowest BCUT2D eigenvalue weighted by Crippen LogP contribution is -2.79. The van der Waals surface area contributed by atoms with Crippen molar-refractivity contribution in [2.75, 3.05) is 32.9 Å². The van der Waals surface area contributed by atoms with E-state index in [4.69, 9.17) is 9.47 Å². The van der Waals surface area contributed by atoms with E-state index in [0.29, 0.717) is 31.5 Å². The molecule has 4 rings (SSSR count). The molecule has 4 aliphatic rings. The first-order valence-electron chi connectivity index (χ1n) is 10.8. The average Bonchev–Trinajstić information content (AvgIpc) is 3.47. The van der Waals surface area contributed by atoms with E-state index in [1.54, 1.807) is 0 Å². The Bertz CT molecular complexity index is 561. The minimum Gasteiger partial charge on any atom is -0.381 e. The van der Waals surface area contributed by atoms with Crippen LogP contribution in [0.3, 0.4) is 0 Å². The summed E-state index contributed by atoms with van der Waals surface area (Å²) in [6.07, 6.45) is 6.34. The van der Waals surface area contributed by atoms with Crippen molar-refractivity contribution in [2.24, 2.45) is 11.8 Å². The van der Waals surface area contributed by atoms with Crippen LogP contribution in [0.4, 0.5) is 0 Å². The van der Waals surface area contributed by atoms with Gasteiger partial charge in [0.2, 0.25) is 5.91 Å². The molecule has 3 aliphatic heterocycles. The lowest BCUT2D eigenvalue weighted by atomic mass is 9.72. The fourth-order valence-electron chi connectivity index (χ4n) is 5.00. The fourth-order valence-corrected chi connectivity index (χ4v) is 5.00. The Hall–Kier alpha value is -1.14. The second-order valence-electron chi connectivity index (χ2n) is 9.29.